The highest BCUT2D eigenvalue weighted by atomic mass is 19.4. The quantitative estimate of drug-likeness (QED) is 0.283. The van der Waals surface area contributed by atoms with Crippen LogP contribution in [0.15, 0.2) is 30.5 Å². The fourth-order valence-electron chi connectivity index (χ4n) is 5.14. The molecule has 4 N–H and O–H groups in total. The van der Waals surface area contributed by atoms with Gasteiger partial charge in [-0.15, -0.1) is 0 Å². The van der Waals surface area contributed by atoms with Crippen LogP contribution in [-0.2, 0) is 9.59 Å². The molecule has 13 heteroatoms. The van der Waals surface area contributed by atoms with Crippen LogP contribution in [-0.4, -0.2) is 57.5 Å². The molecule has 0 radical (unpaired) electrons. The summed E-state index contributed by atoms with van der Waals surface area (Å²) in [5.74, 6) is -3.69. The molecular weight excluding hydrogens is 546 g/mol. The van der Waals surface area contributed by atoms with Crippen LogP contribution in [0.1, 0.15) is 74.5 Å². The van der Waals surface area contributed by atoms with Crippen molar-refractivity contribution in [2.45, 2.75) is 76.7 Å². The minimum absolute atomic E-state index is 0.0810. The smallest absolute Gasteiger partial charge is 0.394 e. The second-order valence-corrected chi connectivity index (χ2v) is 11.2. The first kappa shape index (κ1) is 30.5. The van der Waals surface area contributed by atoms with E-state index < -0.39 is 54.3 Å². The number of amides is 3. The standard InChI is InChI=1S/C28H35F4N5O4/c1-14(2)37-21(10-11-33-37)26(40)36-24(23(16-4-5-16)17-6-7-17)27(41)34-20-9-8-18(12-19(20)29)15(3)25(39)35-22(13-38)28(30,31)32/h8-12,14-17,22-24,38H,4-7,13H2,1-3H3,(H,34,41)(H,35,39)(H,36,40)/t15-,22-,24-/m0/s1. The summed E-state index contributed by atoms with van der Waals surface area (Å²) in [4.78, 5) is 39.2. The van der Waals surface area contributed by atoms with Crippen molar-refractivity contribution in [1.82, 2.24) is 20.4 Å². The number of aliphatic hydroxyl groups is 1. The lowest BCUT2D eigenvalue weighted by Crippen LogP contribution is -2.50. The van der Waals surface area contributed by atoms with Gasteiger partial charge in [0.15, 0.2) is 0 Å². The lowest BCUT2D eigenvalue weighted by Gasteiger charge is -2.28. The first-order chi connectivity index (χ1) is 19.3. The normalized spacial score (nSPS) is 17.7. The molecule has 2 aromatic rings. The third kappa shape index (κ3) is 7.24. The largest absolute Gasteiger partial charge is 0.410 e. The van der Waals surface area contributed by atoms with Gasteiger partial charge in [-0.2, -0.15) is 18.3 Å². The summed E-state index contributed by atoms with van der Waals surface area (Å²) in [5, 5.41) is 20.3. The van der Waals surface area contributed by atoms with Crippen molar-refractivity contribution in [3.63, 3.8) is 0 Å². The van der Waals surface area contributed by atoms with Crippen molar-refractivity contribution < 1.29 is 37.1 Å². The Morgan fingerprint density at radius 3 is 2.17 bits per heavy atom. The van der Waals surface area contributed by atoms with Gasteiger partial charge in [0, 0.05) is 12.2 Å². The molecule has 0 bridgehead atoms. The van der Waals surface area contributed by atoms with Crippen LogP contribution < -0.4 is 16.0 Å². The van der Waals surface area contributed by atoms with Crippen LogP contribution in [0.25, 0.3) is 0 Å². The van der Waals surface area contributed by atoms with Crippen LogP contribution in [0.3, 0.4) is 0 Å². The number of hydrogen-bond donors (Lipinski definition) is 4. The molecule has 0 unspecified atom stereocenters. The van der Waals surface area contributed by atoms with Gasteiger partial charge < -0.3 is 21.1 Å². The van der Waals surface area contributed by atoms with Gasteiger partial charge in [0.1, 0.15) is 23.6 Å². The van der Waals surface area contributed by atoms with Crippen molar-refractivity contribution in [3.05, 3.63) is 47.5 Å². The van der Waals surface area contributed by atoms with Crippen LogP contribution in [0.4, 0.5) is 23.2 Å². The highest BCUT2D eigenvalue weighted by Gasteiger charge is 2.48. The fourth-order valence-corrected chi connectivity index (χ4v) is 5.14. The SMILES string of the molecule is CC(C)n1nccc1C(=O)N[C@H](C(=O)Nc1ccc([C@H](C)C(=O)N[C@@H](CO)C(F)(F)F)cc1F)C(C1CC1)C1CC1. The average molecular weight is 582 g/mol. The number of hydrogen-bond acceptors (Lipinski definition) is 5. The predicted molar refractivity (Wildman–Crippen MR) is 141 cm³/mol. The van der Waals surface area contributed by atoms with E-state index in [0.717, 1.165) is 31.7 Å². The molecule has 0 saturated heterocycles. The molecule has 3 atom stereocenters. The number of benzene rings is 1. The number of alkyl halides is 3. The molecule has 224 valence electrons. The number of halogens is 4. The molecule has 1 aromatic carbocycles. The van der Waals surface area contributed by atoms with E-state index in [1.54, 1.807) is 16.1 Å². The van der Waals surface area contributed by atoms with Crippen LogP contribution >= 0.6 is 0 Å². The lowest BCUT2D eigenvalue weighted by atomic mass is 9.88. The first-order valence-corrected chi connectivity index (χ1v) is 13.7. The fraction of sp³-hybridized carbons (Fsp3) is 0.571. The summed E-state index contributed by atoms with van der Waals surface area (Å²) in [6, 6.07) is 1.66. The molecule has 3 amide bonds. The van der Waals surface area contributed by atoms with Gasteiger partial charge in [0.2, 0.25) is 11.8 Å². The van der Waals surface area contributed by atoms with E-state index in [0.29, 0.717) is 5.69 Å². The maximum Gasteiger partial charge on any atom is 0.410 e. The van der Waals surface area contributed by atoms with Crippen molar-refractivity contribution in [1.29, 1.82) is 0 Å². The van der Waals surface area contributed by atoms with E-state index in [-0.39, 0.29) is 35.0 Å². The summed E-state index contributed by atoms with van der Waals surface area (Å²) in [5.41, 5.74) is 0.198. The molecule has 2 saturated carbocycles. The van der Waals surface area contributed by atoms with Crippen molar-refractivity contribution in [3.8, 4) is 0 Å². The Kier molecular flexibility index (Phi) is 9.05. The van der Waals surface area contributed by atoms with Gasteiger partial charge in [-0.25, -0.2) is 4.39 Å². The molecule has 1 aromatic heterocycles. The Labute approximate surface area is 235 Å². The Balaban J connectivity index is 1.50. The number of anilines is 1. The minimum Gasteiger partial charge on any atom is -0.394 e. The van der Waals surface area contributed by atoms with E-state index in [9.17, 15) is 27.6 Å². The number of rotatable bonds is 12. The zero-order valence-corrected chi connectivity index (χ0v) is 23.0. The molecule has 2 aliphatic carbocycles. The lowest BCUT2D eigenvalue weighted by molar-refractivity contribution is -0.168. The third-order valence-electron chi connectivity index (χ3n) is 7.72. The molecule has 0 aliphatic heterocycles. The number of carbonyl (C=O) groups excluding carboxylic acids is 3. The monoisotopic (exact) mass is 581 g/mol. The van der Waals surface area contributed by atoms with Gasteiger partial charge >= 0.3 is 6.18 Å². The van der Waals surface area contributed by atoms with Crippen LogP contribution in [0.5, 0.6) is 0 Å². The number of aliphatic hydroxyl groups excluding tert-OH is 1. The van der Waals surface area contributed by atoms with Crippen LogP contribution in [0.2, 0.25) is 0 Å². The highest BCUT2D eigenvalue weighted by Crippen LogP contribution is 2.51. The molecule has 9 nitrogen and oxygen atoms in total. The van der Waals surface area contributed by atoms with E-state index in [1.807, 2.05) is 13.8 Å². The molecule has 4 rings (SSSR count). The summed E-state index contributed by atoms with van der Waals surface area (Å²) < 4.78 is 55.4. The number of carbonyl (C=O) groups is 3. The van der Waals surface area contributed by atoms with E-state index >= 15 is 4.39 Å². The maximum atomic E-state index is 15.1. The Morgan fingerprint density at radius 1 is 1.02 bits per heavy atom. The molecular formula is C28H35F4N5O4. The number of aromatic nitrogens is 2. The second-order valence-electron chi connectivity index (χ2n) is 11.2. The molecule has 1 heterocycles. The van der Waals surface area contributed by atoms with Crippen molar-refractivity contribution in [2.24, 2.45) is 17.8 Å². The number of nitrogens with one attached hydrogen (secondary N) is 3. The van der Waals surface area contributed by atoms with Crippen molar-refractivity contribution >= 4 is 23.4 Å². The summed E-state index contributed by atoms with van der Waals surface area (Å²) >= 11 is 0. The Bertz CT molecular complexity index is 1260. The topological polar surface area (TPSA) is 125 Å². The van der Waals surface area contributed by atoms with Gasteiger partial charge in [-0.05, 0) is 88.0 Å². The summed E-state index contributed by atoms with van der Waals surface area (Å²) in [6.07, 6.45) is 0.439. The minimum atomic E-state index is -4.84. The highest BCUT2D eigenvalue weighted by molar-refractivity contribution is 6.01. The molecule has 2 fully saturated rings. The average Bonchev–Trinajstić information content (AvgIpc) is 3.85. The molecule has 41 heavy (non-hydrogen) atoms. The van der Waals surface area contributed by atoms with E-state index in [4.69, 9.17) is 5.11 Å². The van der Waals surface area contributed by atoms with Gasteiger partial charge in [0.25, 0.3) is 5.91 Å². The summed E-state index contributed by atoms with van der Waals surface area (Å²) in [6.45, 7) is 3.73. The van der Waals surface area contributed by atoms with E-state index in [1.165, 1.54) is 25.3 Å². The maximum absolute atomic E-state index is 15.1. The van der Waals surface area contributed by atoms with Gasteiger partial charge in [-0.1, -0.05) is 6.07 Å². The third-order valence-corrected chi connectivity index (χ3v) is 7.72. The zero-order valence-electron chi connectivity index (χ0n) is 23.0. The van der Waals surface area contributed by atoms with Crippen molar-refractivity contribution in [2.75, 3.05) is 11.9 Å². The Hall–Kier alpha value is -3.48. The van der Waals surface area contributed by atoms with Crippen LogP contribution in [0, 0.1) is 23.6 Å². The first-order valence-electron chi connectivity index (χ1n) is 13.7. The predicted octanol–water partition coefficient (Wildman–Crippen LogP) is 3.92. The van der Waals surface area contributed by atoms with Gasteiger partial charge in [0.05, 0.1) is 18.2 Å². The molecule has 2 aliphatic rings. The van der Waals surface area contributed by atoms with E-state index in [2.05, 4.69) is 15.7 Å². The zero-order chi connectivity index (χ0) is 30.1. The second kappa shape index (κ2) is 12.2. The summed E-state index contributed by atoms with van der Waals surface area (Å²) in [7, 11) is 0. The van der Waals surface area contributed by atoms with Gasteiger partial charge in [-0.3, -0.25) is 19.1 Å². The Morgan fingerprint density at radius 2 is 1.66 bits per heavy atom. The number of nitrogens with zero attached hydrogens (tertiary/aromatic N) is 2. The molecule has 0 spiro atoms.